The second kappa shape index (κ2) is 9.48. The molecule has 1 rings (SSSR count). The molecule has 1 saturated heterocycles. The van der Waals surface area contributed by atoms with E-state index in [1.807, 2.05) is 26.4 Å². The standard InChI is InChI=1S/C15H29NO5S2/c1-14(2)20-9-15(21-14,13(17)16(3)4)7-12(19-11-23-6)8-18-10-22-5/h12H,7-11H2,1-6H3/t12-,15-/m0/s1. The van der Waals surface area contributed by atoms with Crippen LogP contribution in [0, 0.1) is 0 Å². The maximum atomic E-state index is 12.7. The minimum absolute atomic E-state index is 0.106. The highest BCUT2D eigenvalue weighted by atomic mass is 32.2. The van der Waals surface area contributed by atoms with Gasteiger partial charge in [-0.15, -0.1) is 23.5 Å². The fraction of sp³-hybridized carbons (Fsp3) is 0.933. The molecule has 0 aromatic rings. The van der Waals surface area contributed by atoms with E-state index in [9.17, 15) is 4.79 Å². The van der Waals surface area contributed by atoms with Gasteiger partial charge in [0.05, 0.1) is 31.2 Å². The Kier molecular flexibility index (Phi) is 8.68. The van der Waals surface area contributed by atoms with Gasteiger partial charge in [0.15, 0.2) is 11.4 Å². The lowest BCUT2D eigenvalue weighted by atomic mass is 9.95. The molecule has 8 heteroatoms. The molecular formula is C15H29NO5S2. The number of amides is 1. The van der Waals surface area contributed by atoms with Crippen LogP contribution in [-0.2, 0) is 23.7 Å². The molecule has 1 aliphatic rings. The SMILES string of the molecule is CSCOC[C@H](C[C@@]1(C(=O)N(C)C)COC(C)(C)O1)OCSC. The minimum Gasteiger partial charge on any atom is -0.368 e. The van der Waals surface area contributed by atoms with Gasteiger partial charge in [-0.2, -0.15) is 0 Å². The van der Waals surface area contributed by atoms with Gasteiger partial charge in [-0.3, -0.25) is 4.79 Å². The van der Waals surface area contributed by atoms with Gasteiger partial charge in [0.25, 0.3) is 5.91 Å². The number of ether oxygens (including phenoxy) is 4. The van der Waals surface area contributed by atoms with Crippen molar-refractivity contribution < 1.29 is 23.7 Å². The molecule has 0 aromatic carbocycles. The fourth-order valence-corrected chi connectivity index (χ4v) is 3.07. The van der Waals surface area contributed by atoms with Crippen LogP contribution in [0.15, 0.2) is 0 Å². The smallest absolute Gasteiger partial charge is 0.256 e. The van der Waals surface area contributed by atoms with Crippen LogP contribution in [-0.4, -0.2) is 80.0 Å². The summed E-state index contributed by atoms with van der Waals surface area (Å²) in [5.74, 6) is 0.252. The van der Waals surface area contributed by atoms with Crippen LogP contribution in [0.3, 0.4) is 0 Å². The van der Waals surface area contributed by atoms with E-state index in [0.29, 0.717) is 24.9 Å². The number of hydrogen-bond acceptors (Lipinski definition) is 7. The first-order chi connectivity index (χ1) is 10.8. The van der Waals surface area contributed by atoms with Crippen molar-refractivity contribution in [3.8, 4) is 0 Å². The van der Waals surface area contributed by atoms with E-state index in [2.05, 4.69) is 0 Å². The summed E-state index contributed by atoms with van der Waals surface area (Å²) >= 11 is 3.20. The third-order valence-corrected chi connectivity index (χ3v) is 4.15. The Bertz CT molecular complexity index is 381. The molecule has 1 fully saturated rings. The molecule has 0 aromatic heterocycles. The van der Waals surface area contributed by atoms with Crippen LogP contribution in [0.2, 0.25) is 0 Å². The van der Waals surface area contributed by atoms with Crippen molar-refractivity contribution in [1.82, 2.24) is 4.90 Å². The lowest BCUT2D eigenvalue weighted by Gasteiger charge is -2.33. The van der Waals surface area contributed by atoms with E-state index in [4.69, 9.17) is 18.9 Å². The number of carbonyl (C=O) groups excluding carboxylic acids is 1. The molecule has 0 aliphatic carbocycles. The molecule has 136 valence electrons. The number of rotatable bonds is 10. The Morgan fingerprint density at radius 3 is 2.39 bits per heavy atom. The summed E-state index contributed by atoms with van der Waals surface area (Å²) < 4.78 is 23.1. The van der Waals surface area contributed by atoms with Crippen LogP contribution < -0.4 is 0 Å². The molecule has 0 bridgehead atoms. The highest BCUT2D eigenvalue weighted by molar-refractivity contribution is 7.98. The first kappa shape index (κ1) is 21.1. The molecular weight excluding hydrogens is 338 g/mol. The summed E-state index contributed by atoms with van der Waals surface area (Å²) in [4.78, 5) is 14.3. The number of thioether (sulfide) groups is 2. The zero-order valence-electron chi connectivity index (χ0n) is 14.9. The highest BCUT2D eigenvalue weighted by Gasteiger charge is 2.52. The number of hydrogen-bond donors (Lipinski definition) is 0. The van der Waals surface area contributed by atoms with Gasteiger partial charge in [-0.25, -0.2) is 0 Å². The largest absolute Gasteiger partial charge is 0.368 e. The zero-order valence-corrected chi connectivity index (χ0v) is 16.6. The molecule has 2 atom stereocenters. The van der Waals surface area contributed by atoms with Crippen molar-refractivity contribution >= 4 is 29.4 Å². The first-order valence-electron chi connectivity index (χ1n) is 7.49. The van der Waals surface area contributed by atoms with Gasteiger partial charge in [0.2, 0.25) is 0 Å². The average molecular weight is 368 g/mol. The van der Waals surface area contributed by atoms with Gasteiger partial charge in [0.1, 0.15) is 0 Å². The summed E-state index contributed by atoms with van der Waals surface area (Å²) in [6.45, 7) is 4.28. The topological polar surface area (TPSA) is 57.2 Å². The summed E-state index contributed by atoms with van der Waals surface area (Å²) in [7, 11) is 3.45. The normalized spacial score (nSPS) is 24.6. The van der Waals surface area contributed by atoms with Crippen molar-refractivity contribution in [3.63, 3.8) is 0 Å². The van der Waals surface area contributed by atoms with Gasteiger partial charge in [-0.05, 0) is 26.4 Å². The van der Waals surface area contributed by atoms with Crippen LogP contribution in [0.5, 0.6) is 0 Å². The number of likely N-dealkylation sites (N-methyl/N-ethyl adjacent to an activating group) is 1. The highest BCUT2D eigenvalue weighted by Crippen LogP contribution is 2.36. The van der Waals surface area contributed by atoms with Gasteiger partial charge < -0.3 is 23.8 Å². The van der Waals surface area contributed by atoms with Crippen LogP contribution in [0.1, 0.15) is 20.3 Å². The summed E-state index contributed by atoms with van der Waals surface area (Å²) in [5, 5.41) is 0. The molecule has 0 unspecified atom stereocenters. The molecule has 0 radical (unpaired) electrons. The summed E-state index contributed by atoms with van der Waals surface area (Å²) in [6.07, 6.45) is 4.13. The Morgan fingerprint density at radius 1 is 1.26 bits per heavy atom. The number of nitrogens with zero attached hydrogens (tertiary/aromatic N) is 1. The van der Waals surface area contributed by atoms with Gasteiger partial charge in [-0.1, -0.05) is 0 Å². The molecule has 0 spiro atoms. The summed E-state index contributed by atoms with van der Waals surface area (Å²) in [5.41, 5.74) is -1.03. The van der Waals surface area contributed by atoms with Crippen LogP contribution in [0.25, 0.3) is 0 Å². The number of carbonyl (C=O) groups is 1. The molecule has 6 nitrogen and oxygen atoms in total. The molecule has 1 amide bonds. The van der Waals surface area contributed by atoms with E-state index in [0.717, 1.165) is 0 Å². The van der Waals surface area contributed by atoms with E-state index in [1.54, 1.807) is 42.5 Å². The predicted octanol–water partition coefficient (Wildman–Crippen LogP) is 2.03. The zero-order chi connectivity index (χ0) is 17.5. The van der Waals surface area contributed by atoms with Gasteiger partial charge in [0, 0.05) is 20.5 Å². The monoisotopic (exact) mass is 367 g/mol. The lowest BCUT2D eigenvalue weighted by Crippen LogP contribution is -2.52. The fourth-order valence-electron chi connectivity index (χ4n) is 2.48. The molecule has 0 N–H and O–H groups in total. The Hall–Kier alpha value is 0.0100. The molecule has 0 saturated carbocycles. The Balaban J connectivity index is 2.85. The van der Waals surface area contributed by atoms with Crippen LogP contribution in [0.4, 0.5) is 0 Å². The second-order valence-electron chi connectivity index (χ2n) is 6.16. The molecule has 23 heavy (non-hydrogen) atoms. The van der Waals surface area contributed by atoms with E-state index < -0.39 is 11.4 Å². The third kappa shape index (κ3) is 6.43. The second-order valence-corrected chi connectivity index (χ2v) is 7.79. The molecule has 1 aliphatic heterocycles. The van der Waals surface area contributed by atoms with Crippen molar-refractivity contribution in [2.24, 2.45) is 0 Å². The molecule has 1 heterocycles. The quantitative estimate of drug-likeness (QED) is 0.432. The maximum Gasteiger partial charge on any atom is 0.256 e. The third-order valence-electron chi connectivity index (χ3n) is 3.37. The van der Waals surface area contributed by atoms with Crippen molar-refractivity contribution in [1.29, 1.82) is 0 Å². The van der Waals surface area contributed by atoms with E-state index in [1.165, 1.54) is 0 Å². The Morgan fingerprint density at radius 2 is 1.91 bits per heavy atom. The van der Waals surface area contributed by atoms with Crippen LogP contribution >= 0.6 is 23.5 Å². The van der Waals surface area contributed by atoms with Crippen molar-refractivity contribution in [3.05, 3.63) is 0 Å². The maximum absolute atomic E-state index is 12.7. The minimum atomic E-state index is -1.03. The van der Waals surface area contributed by atoms with E-state index >= 15 is 0 Å². The lowest BCUT2D eigenvalue weighted by molar-refractivity contribution is -0.185. The predicted molar refractivity (Wildman–Crippen MR) is 94.7 cm³/mol. The Labute approximate surface area is 147 Å². The van der Waals surface area contributed by atoms with E-state index in [-0.39, 0.29) is 18.6 Å². The van der Waals surface area contributed by atoms with Crippen molar-refractivity contribution in [2.45, 2.75) is 37.8 Å². The average Bonchev–Trinajstić information content (AvgIpc) is 2.80. The van der Waals surface area contributed by atoms with Crippen molar-refractivity contribution in [2.75, 3.05) is 51.7 Å². The first-order valence-corrected chi connectivity index (χ1v) is 10.3. The van der Waals surface area contributed by atoms with Gasteiger partial charge >= 0.3 is 0 Å². The summed E-state index contributed by atoms with van der Waals surface area (Å²) in [6, 6.07) is 0.